The second-order valence-corrected chi connectivity index (χ2v) is 4.35. The average Bonchev–Trinajstić information content (AvgIpc) is 2.23. The van der Waals surface area contributed by atoms with Crippen molar-refractivity contribution in [2.75, 3.05) is 0 Å². The molecule has 2 bridgehead atoms. The summed E-state index contributed by atoms with van der Waals surface area (Å²) in [5, 5.41) is 0. The van der Waals surface area contributed by atoms with Crippen LogP contribution < -0.4 is 5.43 Å². The van der Waals surface area contributed by atoms with Crippen LogP contribution in [0.4, 0.5) is 0 Å². The minimum atomic E-state index is 0.102. The molecule has 0 fully saturated rings. The van der Waals surface area contributed by atoms with E-state index in [9.17, 15) is 4.79 Å². The molecule has 0 radical (unpaired) electrons. The maximum absolute atomic E-state index is 11.4. The summed E-state index contributed by atoms with van der Waals surface area (Å²) in [6, 6.07) is 3.28. The first kappa shape index (κ1) is 10.5. The van der Waals surface area contributed by atoms with Crippen molar-refractivity contribution in [1.29, 1.82) is 0 Å². The molecule has 82 valence electrons. The van der Waals surface area contributed by atoms with Gasteiger partial charge in [0, 0.05) is 25.0 Å². The van der Waals surface area contributed by atoms with Gasteiger partial charge in [0.15, 0.2) is 5.43 Å². The fourth-order valence-electron chi connectivity index (χ4n) is 2.14. The molecule has 0 unspecified atom stereocenters. The number of fused-ring (bicyclic) bond motifs is 2. The third kappa shape index (κ3) is 3.22. The summed E-state index contributed by atoms with van der Waals surface area (Å²) in [5.74, 6) is 1.75. The largest absolute Gasteiger partial charge is 0.466 e. The van der Waals surface area contributed by atoms with Crippen molar-refractivity contribution in [2.24, 2.45) is 0 Å². The molecule has 0 spiro atoms. The Morgan fingerprint density at radius 2 is 1.27 bits per heavy atom. The van der Waals surface area contributed by atoms with Crippen LogP contribution in [0.3, 0.4) is 0 Å². The van der Waals surface area contributed by atoms with Gasteiger partial charge >= 0.3 is 0 Å². The van der Waals surface area contributed by atoms with Crippen LogP contribution >= 0.6 is 0 Å². The first-order valence-electron chi connectivity index (χ1n) is 5.97. The monoisotopic (exact) mass is 206 g/mol. The first-order valence-corrected chi connectivity index (χ1v) is 5.97. The molecule has 2 heteroatoms. The van der Waals surface area contributed by atoms with E-state index in [1.165, 1.54) is 25.7 Å². The fourth-order valence-corrected chi connectivity index (χ4v) is 2.14. The molecule has 0 aromatic carbocycles. The highest BCUT2D eigenvalue weighted by atomic mass is 16.3. The molecule has 1 aliphatic rings. The summed E-state index contributed by atoms with van der Waals surface area (Å²) in [4.78, 5) is 11.4. The highest BCUT2D eigenvalue weighted by Gasteiger charge is 2.04. The van der Waals surface area contributed by atoms with Gasteiger partial charge in [-0.1, -0.05) is 25.7 Å². The van der Waals surface area contributed by atoms with E-state index in [-0.39, 0.29) is 5.43 Å². The van der Waals surface area contributed by atoms with Crippen LogP contribution in [0.1, 0.15) is 50.0 Å². The Kier molecular flexibility index (Phi) is 3.59. The van der Waals surface area contributed by atoms with Crippen LogP contribution in [0.15, 0.2) is 21.3 Å². The maximum Gasteiger partial charge on any atom is 0.185 e. The van der Waals surface area contributed by atoms with Gasteiger partial charge in [-0.2, -0.15) is 0 Å². The second kappa shape index (κ2) is 5.15. The van der Waals surface area contributed by atoms with Gasteiger partial charge in [-0.15, -0.1) is 0 Å². The topological polar surface area (TPSA) is 30.2 Å². The van der Waals surface area contributed by atoms with Crippen molar-refractivity contribution in [1.82, 2.24) is 0 Å². The standard InChI is InChI=1S/C13H18O2/c14-11-9-12-7-5-3-1-2-4-6-8-13(10-11)15-12/h9-10H,1-8H2. The highest BCUT2D eigenvalue weighted by molar-refractivity contribution is 5.07. The van der Waals surface area contributed by atoms with Gasteiger partial charge in [0.1, 0.15) is 11.5 Å². The van der Waals surface area contributed by atoms with Gasteiger partial charge in [0.2, 0.25) is 0 Å². The lowest BCUT2D eigenvalue weighted by Crippen LogP contribution is -2.02. The van der Waals surface area contributed by atoms with E-state index in [0.29, 0.717) is 0 Å². The SMILES string of the molecule is O=c1cc2oc(c1)CCCCCCCC2. The molecule has 0 N–H and O–H groups in total. The number of hydrogen-bond donors (Lipinski definition) is 0. The number of hydrogen-bond acceptors (Lipinski definition) is 2. The lowest BCUT2D eigenvalue weighted by atomic mass is 10.1. The van der Waals surface area contributed by atoms with E-state index in [1.807, 2.05) is 0 Å². The van der Waals surface area contributed by atoms with E-state index in [1.54, 1.807) is 12.1 Å². The van der Waals surface area contributed by atoms with Crippen molar-refractivity contribution in [3.63, 3.8) is 0 Å². The van der Waals surface area contributed by atoms with Crippen molar-refractivity contribution in [3.05, 3.63) is 33.9 Å². The highest BCUT2D eigenvalue weighted by Crippen LogP contribution is 2.14. The van der Waals surface area contributed by atoms with Crippen LogP contribution in [0.2, 0.25) is 0 Å². The number of aryl methyl sites for hydroxylation is 2. The van der Waals surface area contributed by atoms with Crippen molar-refractivity contribution >= 4 is 0 Å². The Morgan fingerprint density at radius 3 is 1.80 bits per heavy atom. The second-order valence-electron chi connectivity index (χ2n) is 4.35. The van der Waals surface area contributed by atoms with Gasteiger partial charge < -0.3 is 4.42 Å². The Hall–Kier alpha value is -1.05. The minimum Gasteiger partial charge on any atom is -0.466 e. The molecule has 1 aromatic rings. The molecule has 0 aliphatic carbocycles. The maximum atomic E-state index is 11.4. The predicted molar refractivity (Wildman–Crippen MR) is 60.1 cm³/mol. The summed E-state index contributed by atoms with van der Waals surface area (Å²) in [6.07, 6.45) is 9.29. The third-order valence-electron chi connectivity index (χ3n) is 2.97. The van der Waals surface area contributed by atoms with Crippen molar-refractivity contribution in [3.8, 4) is 0 Å². The predicted octanol–water partition coefficient (Wildman–Crippen LogP) is 3.08. The lowest BCUT2D eigenvalue weighted by molar-refractivity contribution is 0.437. The van der Waals surface area contributed by atoms with Gasteiger partial charge in [-0.05, 0) is 12.8 Å². The molecule has 2 nitrogen and oxygen atoms in total. The molecule has 2 heterocycles. The Balaban J connectivity index is 2.18. The molecule has 15 heavy (non-hydrogen) atoms. The molecule has 0 amide bonds. The van der Waals surface area contributed by atoms with Crippen LogP contribution in [0, 0.1) is 0 Å². The summed E-state index contributed by atoms with van der Waals surface area (Å²) < 4.78 is 5.69. The smallest absolute Gasteiger partial charge is 0.185 e. The van der Waals surface area contributed by atoms with Gasteiger partial charge in [0.05, 0.1) is 0 Å². The van der Waals surface area contributed by atoms with Crippen LogP contribution in [0.5, 0.6) is 0 Å². The van der Waals surface area contributed by atoms with Crippen LogP contribution in [-0.2, 0) is 12.8 Å². The molecule has 1 aliphatic heterocycles. The van der Waals surface area contributed by atoms with Crippen LogP contribution in [0.25, 0.3) is 0 Å². The average molecular weight is 206 g/mol. The molecule has 0 saturated carbocycles. The fraction of sp³-hybridized carbons (Fsp3) is 0.615. The van der Waals surface area contributed by atoms with Gasteiger partial charge in [-0.25, -0.2) is 0 Å². The molecular weight excluding hydrogens is 188 g/mol. The van der Waals surface area contributed by atoms with E-state index in [4.69, 9.17) is 4.42 Å². The van der Waals surface area contributed by atoms with Crippen molar-refractivity contribution in [2.45, 2.75) is 51.4 Å². The normalized spacial score (nSPS) is 18.1. The lowest BCUT2D eigenvalue weighted by Gasteiger charge is -2.02. The first-order chi connectivity index (χ1) is 7.34. The quantitative estimate of drug-likeness (QED) is 0.653. The molecule has 1 aromatic heterocycles. The summed E-state index contributed by atoms with van der Waals surface area (Å²) >= 11 is 0. The summed E-state index contributed by atoms with van der Waals surface area (Å²) in [6.45, 7) is 0. The Labute approximate surface area is 90.3 Å². The van der Waals surface area contributed by atoms with Crippen LogP contribution in [-0.4, -0.2) is 0 Å². The van der Waals surface area contributed by atoms with E-state index in [0.717, 1.165) is 37.2 Å². The zero-order valence-corrected chi connectivity index (χ0v) is 9.13. The van der Waals surface area contributed by atoms with E-state index < -0.39 is 0 Å². The van der Waals surface area contributed by atoms with Crippen molar-refractivity contribution < 1.29 is 4.42 Å². The van der Waals surface area contributed by atoms with Gasteiger partial charge in [-0.3, -0.25) is 4.79 Å². The Bertz CT molecular complexity index is 334. The summed E-state index contributed by atoms with van der Waals surface area (Å²) in [7, 11) is 0. The molecule has 2 rings (SSSR count). The molecule has 0 atom stereocenters. The van der Waals surface area contributed by atoms with E-state index in [2.05, 4.69) is 0 Å². The minimum absolute atomic E-state index is 0.102. The Morgan fingerprint density at radius 1 is 0.800 bits per heavy atom. The zero-order chi connectivity index (χ0) is 10.5. The molecule has 0 saturated heterocycles. The number of rotatable bonds is 0. The van der Waals surface area contributed by atoms with Gasteiger partial charge in [0.25, 0.3) is 0 Å². The third-order valence-corrected chi connectivity index (χ3v) is 2.97. The summed E-state index contributed by atoms with van der Waals surface area (Å²) in [5.41, 5.74) is 0.102. The van der Waals surface area contributed by atoms with E-state index >= 15 is 0 Å². The zero-order valence-electron chi connectivity index (χ0n) is 9.13. The molecular formula is C13H18O2.